The number of nitrogens with one attached hydrogen (secondary N) is 1. The Kier molecular flexibility index (Phi) is 3.54. The van der Waals surface area contributed by atoms with Gasteiger partial charge in [0.05, 0.1) is 5.52 Å². The molecule has 0 aliphatic carbocycles. The van der Waals surface area contributed by atoms with Gasteiger partial charge in [-0.3, -0.25) is 4.98 Å². The zero-order valence-corrected chi connectivity index (χ0v) is 11.4. The van der Waals surface area contributed by atoms with Crippen molar-refractivity contribution < 1.29 is 0 Å². The molecule has 0 saturated carbocycles. The number of nitrogens with zero attached hydrogens (tertiary/aromatic N) is 3. The Balaban J connectivity index is 1.71. The van der Waals surface area contributed by atoms with E-state index in [9.17, 15) is 0 Å². The molecule has 4 nitrogen and oxygen atoms in total. The van der Waals surface area contributed by atoms with Crippen molar-refractivity contribution in [3.63, 3.8) is 0 Å². The minimum absolute atomic E-state index is 0.803. The number of benzene rings is 1. The van der Waals surface area contributed by atoms with E-state index >= 15 is 0 Å². The van der Waals surface area contributed by atoms with E-state index in [2.05, 4.69) is 20.3 Å². The summed E-state index contributed by atoms with van der Waals surface area (Å²) >= 11 is 0. The van der Waals surface area contributed by atoms with Crippen LogP contribution in [0, 0.1) is 6.92 Å². The van der Waals surface area contributed by atoms with Gasteiger partial charge in [0, 0.05) is 29.7 Å². The molecule has 0 fully saturated rings. The third kappa shape index (κ3) is 2.74. The van der Waals surface area contributed by atoms with Crippen molar-refractivity contribution in [2.75, 3.05) is 11.9 Å². The summed E-state index contributed by atoms with van der Waals surface area (Å²) in [6.45, 7) is 2.81. The van der Waals surface area contributed by atoms with Crippen LogP contribution in [0.3, 0.4) is 0 Å². The molecule has 2 aromatic heterocycles. The minimum atomic E-state index is 0.803. The van der Waals surface area contributed by atoms with Gasteiger partial charge < -0.3 is 5.32 Å². The smallest absolute Gasteiger partial charge is 0.137 e. The summed E-state index contributed by atoms with van der Waals surface area (Å²) in [4.78, 5) is 13.1. The van der Waals surface area contributed by atoms with Crippen LogP contribution in [-0.2, 0) is 6.42 Å². The Bertz CT molecular complexity index is 719. The lowest BCUT2D eigenvalue weighted by Gasteiger charge is -2.08. The lowest BCUT2D eigenvalue weighted by Crippen LogP contribution is -2.08. The van der Waals surface area contributed by atoms with Crippen LogP contribution in [-0.4, -0.2) is 21.5 Å². The molecular weight excluding hydrogens is 248 g/mol. The molecule has 0 aliphatic heterocycles. The van der Waals surface area contributed by atoms with Gasteiger partial charge in [0.1, 0.15) is 12.1 Å². The number of aryl methyl sites for hydroxylation is 1. The van der Waals surface area contributed by atoms with Crippen molar-refractivity contribution >= 4 is 16.7 Å². The van der Waals surface area contributed by atoms with E-state index in [4.69, 9.17) is 0 Å². The summed E-state index contributed by atoms with van der Waals surface area (Å²) in [5.74, 6) is 0.878. The number of hydrogen-bond acceptors (Lipinski definition) is 4. The second kappa shape index (κ2) is 5.65. The van der Waals surface area contributed by atoms with Crippen LogP contribution in [0.15, 0.2) is 48.8 Å². The molecule has 20 heavy (non-hydrogen) atoms. The van der Waals surface area contributed by atoms with Crippen molar-refractivity contribution in [1.82, 2.24) is 15.0 Å². The quantitative estimate of drug-likeness (QED) is 0.787. The largest absolute Gasteiger partial charge is 0.369 e. The number of anilines is 1. The van der Waals surface area contributed by atoms with Gasteiger partial charge in [0.25, 0.3) is 0 Å². The summed E-state index contributed by atoms with van der Waals surface area (Å²) in [5, 5.41) is 4.41. The van der Waals surface area contributed by atoms with Gasteiger partial charge in [-0.25, -0.2) is 9.97 Å². The number of aromatic nitrogens is 3. The molecule has 3 aromatic rings. The highest BCUT2D eigenvalue weighted by molar-refractivity contribution is 5.88. The number of para-hydroxylation sites is 1. The maximum Gasteiger partial charge on any atom is 0.137 e. The van der Waals surface area contributed by atoms with Crippen molar-refractivity contribution in [2.45, 2.75) is 13.3 Å². The summed E-state index contributed by atoms with van der Waals surface area (Å²) in [5.41, 5.74) is 3.10. The molecule has 1 aromatic carbocycles. The first kappa shape index (κ1) is 12.5. The van der Waals surface area contributed by atoms with E-state index in [-0.39, 0.29) is 0 Å². The minimum Gasteiger partial charge on any atom is -0.369 e. The third-order valence-corrected chi connectivity index (χ3v) is 3.16. The van der Waals surface area contributed by atoms with Gasteiger partial charge in [-0.1, -0.05) is 18.2 Å². The highest BCUT2D eigenvalue weighted by Crippen LogP contribution is 2.18. The summed E-state index contributed by atoms with van der Waals surface area (Å²) in [7, 11) is 0. The number of fused-ring (bicyclic) bond motifs is 1. The van der Waals surface area contributed by atoms with Crippen LogP contribution >= 0.6 is 0 Å². The lowest BCUT2D eigenvalue weighted by molar-refractivity contribution is 0.940. The topological polar surface area (TPSA) is 50.7 Å². The highest BCUT2D eigenvalue weighted by atomic mass is 15.0. The van der Waals surface area contributed by atoms with Crippen molar-refractivity contribution in [2.24, 2.45) is 0 Å². The van der Waals surface area contributed by atoms with Crippen LogP contribution in [0.2, 0.25) is 0 Å². The first-order valence-corrected chi connectivity index (χ1v) is 6.69. The number of hydrogen-bond donors (Lipinski definition) is 1. The maximum atomic E-state index is 4.49. The molecule has 0 saturated heterocycles. The van der Waals surface area contributed by atoms with E-state index in [0.29, 0.717) is 0 Å². The van der Waals surface area contributed by atoms with Gasteiger partial charge in [-0.05, 0) is 31.2 Å². The zero-order chi connectivity index (χ0) is 13.8. The Hall–Kier alpha value is -2.49. The lowest BCUT2D eigenvalue weighted by atomic mass is 10.2. The van der Waals surface area contributed by atoms with E-state index in [1.165, 1.54) is 0 Å². The van der Waals surface area contributed by atoms with E-state index < -0.39 is 0 Å². The second-order valence-corrected chi connectivity index (χ2v) is 4.69. The Morgan fingerprint density at radius 3 is 2.80 bits per heavy atom. The Labute approximate surface area is 117 Å². The molecule has 0 bridgehead atoms. The number of rotatable bonds is 4. The van der Waals surface area contributed by atoms with Crippen LogP contribution < -0.4 is 5.32 Å². The monoisotopic (exact) mass is 264 g/mol. The second-order valence-electron chi connectivity index (χ2n) is 4.69. The van der Waals surface area contributed by atoms with E-state index in [1.54, 1.807) is 6.33 Å². The normalized spacial score (nSPS) is 10.7. The fourth-order valence-electron chi connectivity index (χ4n) is 2.19. The van der Waals surface area contributed by atoms with Crippen LogP contribution in [0.1, 0.15) is 11.4 Å². The third-order valence-electron chi connectivity index (χ3n) is 3.16. The first-order valence-electron chi connectivity index (χ1n) is 6.69. The standard InChI is InChI=1S/C16H16N4/c1-12-5-4-6-13(20-12)9-10-17-16-14-7-2-3-8-15(14)18-11-19-16/h2-8,11H,9-10H2,1H3,(H,17,18,19). The molecule has 0 unspecified atom stereocenters. The van der Waals surface area contributed by atoms with Gasteiger partial charge >= 0.3 is 0 Å². The summed E-state index contributed by atoms with van der Waals surface area (Å²) < 4.78 is 0. The zero-order valence-electron chi connectivity index (χ0n) is 11.4. The fourth-order valence-corrected chi connectivity index (χ4v) is 2.19. The molecule has 3 rings (SSSR count). The van der Waals surface area contributed by atoms with E-state index in [0.717, 1.165) is 41.1 Å². The Morgan fingerprint density at radius 2 is 1.90 bits per heavy atom. The molecule has 2 heterocycles. The highest BCUT2D eigenvalue weighted by Gasteiger charge is 2.02. The molecule has 0 spiro atoms. The average Bonchev–Trinajstić information content (AvgIpc) is 2.48. The molecule has 0 amide bonds. The molecule has 1 N–H and O–H groups in total. The van der Waals surface area contributed by atoms with Gasteiger partial charge in [-0.15, -0.1) is 0 Å². The van der Waals surface area contributed by atoms with Gasteiger partial charge in [0.15, 0.2) is 0 Å². The van der Waals surface area contributed by atoms with Crippen LogP contribution in [0.5, 0.6) is 0 Å². The molecule has 4 heteroatoms. The van der Waals surface area contributed by atoms with Crippen molar-refractivity contribution in [1.29, 1.82) is 0 Å². The van der Waals surface area contributed by atoms with Crippen LogP contribution in [0.25, 0.3) is 10.9 Å². The molecule has 0 aliphatic rings. The fraction of sp³-hybridized carbons (Fsp3) is 0.188. The van der Waals surface area contributed by atoms with Gasteiger partial charge in [0.2, 0.25) is 0 Å². The van der Waals surface area contributed by atoms with Crippen molar-refractivity contribution in [3.8, 4) is 0 Å². The summed E-state index contributed by atoms with van der Waals surface area (Å²) in [6.07, 6.45) is 2.47. The van der Waals surface area contributed by atoms with Crippen LogP contribution in [0.4, 0.5) is 5.82 Å². The molecular formula is C16H16N4. The van der Waals surface area contributed by atoms with E-state index in [1.807, 2.05) is 49.4 Å². The summed E-state index contributed by atoms with van der Waals surface area (Å²) in [6, 6.07) is 14.1. The first-order chi connectivity index (χ1) is 9.83. The molecule has 0 radical (unpaired) electrons. The predicted molar refractivity (Wildman–Crippen MR) is 80.7 cm³/mol. The predicted octanol–water partition coefficient (Wildman–Crippen LogP) is 2.99. The molecule has 100 valence electrons. The van der Waals surface area contributed by atoms with Gasteiger partial charge in [-0.2, -0.15) is 0 Å². The SMILES string of the molecule is Cc1cccc(CCNc2ncnc3ccccc23)n1. The maximum absolute atomic E-state index is 4.49. The average molecular weight is 264 g/mol. The number of pyridine rings is 1. The van der Waals surface area contributed by atoms with Crippen molar-refractivity contribution in [3.05, 3.63) is 60.2 Å². The Morgan fingerprint density at radius 1 is 1.00 bits per heavy atom. The molecule has 0 atom stereocenters.